The Morgan fingerprint density at radius 3 is 1.38 bits per heavy atom. The molecule has 706 valence electrons. The molecule has 0 radical (unpaired) electrons. The number of halogens is 4. The highest BCUT2D eigenvalue weighted by Gasteiger charge is 2.36. The smallest absolute Gasteiger partial charge is 0.416 e. The van der Waals surface area contributed by atoms with Crippen LogP contribution in [0.2, 0.25) is 5.02 Å². The van der Waals surface area contributed by atoms with Crippen LogP contribution in [0.1, 0.15) is 220 Å². The lowest BCUT2D eigenvalue weighted by Gasteiger charge is -2.22. The molecule has 2 heterocycles. The Morgan fingerprint density at radius 2 is 0.922 bits per heavy atom. The molecule has 2 aromatic heterocycles. The summed E-state index contributed by atoms with van der Waals surface area (Å²) in [6.45, 7) is 44.5. The van der Waals surface area contributed by atoms with Gasteiger partial charge in [0.1, 0.15) is 23.1 Å². The summed E-state index contributed by atoms with van der Waals surface area (Å²) in [6, 6.07) is 64.5. The van der Waals surface area contributed by atoms with E-state index < -0.39 is 92.4 Å². The van der Waals surface area contributed by atoms with Gasteiger partial charge < -0.3 is 14.8 Å². The normalized spacial score (nSPS) is 12.6. The van der Waals surface area contributed by atoms with Crippen LogP contribution in [0.25, 0.3) is 22.0 Å². The van der Waals surface area contributed by atoms with Crippen molar-refractivity contribution in [2.24, 2.45) is 27.1 Å². The third kappa shape index (κ3) is 40.1. The van der Waals surface area contributed by atoms with E-state index in [-0.39, 0.29) is 67.1 Å². The summed E-state index contributed by atoms with van der Waals surface area (Å²) >= 11 is 7.73. The highest BCUT2D eigenvalue weighted by molar-refractivity contribution is 7.93. The van der Waals surface area contributed by atoms with Crippen molar-refractivity contribution in [1.29, 1.82) is 0 Å². The molecule has 0 aliphatic heterocycles. The summed E-state index contributed by atoms with van der Waals surface area (Å²) in [5, 5.41) is 13.4. The Morgan fingerprint density at radius 1 is 0.461 bits per heavy atom. The maximum atomic E-state index is 12.5. The number of aliphatic hydroxyl groups excluding tert-OH is 1. The zero-order valence-electron chi connectivity index (χ0n) is 78.6. The number of alkyl halides is 3. The van der Waals surface area contributed by atoms with E-state index in [4.69, 9.17) is 16.3 Å². The summed E-state index contributed by atoms with van der Waals surface area (Å²) in [7, 11) is -15.3. The first-order valence-electron chi connectivity index (χ1n) is 41.8. The molecule has 0 aliphatic carbocycles. The van der Waals surface area contributed by atoms with E-state index in [0.29, 0.717) is 40.3 Å². The van der Waals surface area contributed by atoms with E-state index in [1.165, 1.54) is 85.8 Å². The molecule has 10 rings (SSSR count). The molecule has 16 nitrogen and oxygen atoms in total. The van der Waals surface area contributed by atoms with Gasteiger partial charge in [-0.15, -0.1) is 11.3 Å². The van der Waals surface area contributed by atoms with Crippen molar-refractivity contribution in [3.8, 4) is 16.9 Å². The van der Waals surface area contributed by atoms with Crippen LogP contribution in [0.3, 0.4) is 0 Å². The Bertz CT molecular complexity index is 5710. The second-order valence-corrected chi connectivity index (χ2v) is 52.8. The second kappa shape index (κ2) is 48.7. The zero-order valence-corrected chi connectivity index (χ0v) is 84.2. The van der Waals surface area contributed by atoms with Crippen LogP contribution in [0.15, 0.2) is 256 Å². The summed E-state index contributed by atoms with van der Waals surface area (Å²) < 4.78 is 160. The fourth-order valence-electron chi connectivity index (χ4n) is 11.1. The second-order valence-electron chi connectivity index (χ2n) is 39.3. The molecule has 1 atom stereocenters. The lowest BCUT2D eigenvalue weighted by Crippen LogP contribution is -2.29. The number of carbonyl (C=O) groups excluding carboxylic acids is 3. The minimum Gasteiger partial charge on any atom is -0.497 e. The number of hydrogen-bond donors (Lipinski definition) is 2. The first kappa shape index (κ1) is 116. The Hall–Kier alpha value is -8.40. The van der Waals surface area contributed by atoms with Crippen LogP contribution < -0.4 is 4.74 Å². The Balaban J connectivity index is 0.000000497. The molecule has 0 bridgehead atoms. The topological polar surface area (TPSA) is 267 Å². The summed E-state index contributed by atoms with van der Waals surface area (Å²) in [6.07, 6.45) is 1.53. The molecule has 0 amide bonds. The molecule has 26 heteroatoms. The summed E-state index contributed by atoms with van der Waals surface area (Å²) in [5.41, 5.74) is 4.05. The number of thiophene rings is 1. The van der Waals surface area contributed by atoms with Gasteiger partial charge in [0.05, 0.1) is 69.1 Å². The number of hydrogen-bond acceptors (Lipinski definition) is 16. The van der Waals surface area contributed by atoms with Crippen molar-refractivity contribution < 1.29 is 79.5 Å². The number of ether oxygens (including phenoxy) is 1. The predicted octanol–water partition coefficient (Wildman–Crippen LogP) is 25.5. The number of para-hydroxylation sites is 1. The number of Topliss-reactive ketones (excluding diaryl/α,β-unsaturated/α-hetero) is 3. The fourth-order valence-corrected chi connectivity index (χ4v) is 18.7. The van der Waals surface area contributed by atoms with Gasteiger partial charge in [0.2, 0.25) is 0 Å². The van der Waals surface area contributed by atoms with Crippen LogP contribution in [0.5, 0.6) is 5.75 Å². The molecule has 8 aromatic carbocycles. The van der Waals surface area contributed by atoms with Gasteiger partial charge in [-0.3, -0.25) is 14.4 Å². The number of aliphatic hydroxyl groups is 1. The van der Waals surface area contributed by atoms with E-state index in [2.05, 4.69) is 55.4 Å². The average Bonchev–Trinajstić information content (AvgIpc) is 1.13. The SMILES string of the molecule is C.CC(C)(C)C(=O)CCc1c[nH]c2ccccc12.CC(C)(C)C(=O)CS(=O)(=O)c1ccccc1.CC(C)(C)CC(O)CS(=O)(=O)c1ccccc1Cl.CC(C)(C)CCc1cccs1.CC(C)(C)S(=O)(=O)Cc1cccc(C(F)(F)F)c1.CC(C)(C)S(=O)(=O)c1ccc(-c2ccccc2)cc1.CC(C)(C)S(=O)(=O)c1ccccc1.COc1cccc(CC(=O)C(C)(C)C)c1. The maximum absolute atomic E-state index is 12.5. The van der Waals surface area contributed by atoms with Crippen LogP contribution in [0.4, 0.5) is 13.2 Å². The Labute approximate surface area is 773 Å². The van der Waals surface area contributed by atoms with Gasteiger partial charge in [-0.1, -0.05) is 268 Å². The van der Waals surface area contributed by atoms with Crippen molar-refractivity contribution in [1.82, 2.24) is 4.98 Å². The molecule has 2 N–H and O–H groups in total. The van der Waals surface area contributed by atoms with Crippen LogP contribution in [-0.2, 0) is 94.8 Å². The van der Waals surface area contributed by atoms with Crippen molar-refractivity contribution in [2.75, 3.05) is 18.6 Å². The average molecular weight is 1900 g/mol. The molecule has 0 saturated heterocycles. The van der Waals surface area contributed by atoms with E-state index in [0.717, 1.165) is 46.5 Å². The van der Waals surface area contributed by atoms with Gasteiger partial charge in [0, 0.05) is 51.1 Å². The van der Waals surface area contributed by atoms with Crippen LogP contribution in [-0.4, -0.2) is 108 Å². The van der Waals surface area contributed by atoms with Crippen molar-refractivity contribution in [2.45, 2.75) is 264 Å². The first-order chi connectivity index (χ1) is 58.0. The number of aryl methyl sites for hydroxylation is 2. The molecule has 10 aromatic rings. The van der Waals surface area contributed by atoms with Gasteiger partial charge >= 0.3 is 6.18 Å². The number of nitrogens with one attached hydrogen (secondary N) is 1. The minimum atomic E-state index is -4.46. The van der Waals surface area contributed by atoms with E-state index >= 15 is 0 Å². The number of ketones is 3. The highest BCUT2D eigenvalue weighted by atomic mass is 35.5. The van der Waals surface area contributed by atoms with Gasteiger partial charge in [0.15, 0.2) is 55.0 Å². The van der Waals surface area contributed by atoms with E-state index in [9.17, 15) is 74.8 Å². The summed E-state index contributed by atoms with van der Waals surface area (Å²) in [5.74, 6) is -0.0151. The molecule has 0 fully saturated rings. The monoisotopic (exact) mass is 1900 g/mol. The fraction of sp³-hybridized carbons (Fsp3) is 0.441. The third-order valence-electron chi connectivity index (χ3n) is 19.3. The number of aromatic amines is 1. The van der Waals surface area contributed by atoms with Gasteiger partial charge in [-0.2, -0.15) is 13.2 Å². The number of fused-ring (bicyclic) bond motifs is 1. The van der Waals surface area contributed by atoms with Gasteiger partial charge in [-0.05, 0) is 211 Å². The lowest BCUT2D eigenvalue weighted by atomic mass is 9.87. The van der Waals surface area contributed by atoms with Gasteiger partial charge in [0.25, 0.3) is 0 Å². The molecule has 0 saturated carbocycles. The minimum absolute atomic E-state index is 0. The number of benzene rings is 8. The number of sulfone groups is 5. The standard InChI is InChI=1S/C16H18O2S.C15H19NO.C13H19ClO3S.C13H18O2.C12H15F3O2S.C12H16O3S.C10H14O2S.C10H16S.CH4/c1-16(2,3)19(17,18)15-11-9-14(10-12-15)13-7-5-4-6-8-13;1-15(2,3)14(17)9-8-11-10-16-13-7-5-4-6-12(11)13;1-13(2,3)8-10(15)9-18(16,17)12-7-5-4-6-11(12)14;1-13(2,3)12(14)9-10-6-5-7-11(8-10)15-4;1-11(2,3)18(16,17)8-9-5-4-6-10(7-9)12(13,14)15;1-12(2,3)11(13)9-16(14,15)10-7-5-4-6-8-10;1-10(2,3)13(11,12)9-7-5-4-6-8-9;1-10(2,3)7-6-9-5-4-8-11-9;/h4-12H,1-3H3;4-7,10,16H,8-9H2,1-3H3;4-7,10,15H,8-9H2,1-3H3;5-8H,9H2,1-4H3;4-7H,8H2,1-3H3;4-8H,9H2,1-3H3;4-8H,1-3H3;4-5,8H,6-7H2,1-3H3;1H4. The van der Waals surface area contributed by atoms with Gasteiger partial charge in [-0.25, -0.2) is 42.1 Å². The molecule has 128 heavy (non-hydrogen) atoms. The zero-order chi connectivity index (χ0) is 97.0. The number of carbonyl (C=O) groups is 3. The number of methoxy groups -OCH3 is 1. The highest BCUT2D eigenvalue weighted by Crippen LogP contribution is 2.34. The molecule has 1 unspecified atom stereocenters. The van der Waals surface area contributed by atoms with Crippen molar-refractivity contribution in [3.63, 3.8) is 0 Å². The first-order valence-corrected chi connectivity index (χ1v) is 51.0. The Kier molecular flexibility index (Phi) is 44.0. The lowest BCUT2D eigenvalue weighted by molar-refractivity contribution is -0.137. The number of H-pyrrole nitrogens is 1. The number of rotatable bonds is 20. The summed E-state index contributed by atoms with van der Waals surface area (Å²) in [4.78, 5) is 41.2. The molecule has 0 spiro atoms. The molecular weight excluding hydrogens is 1760 g/mol. The van der Waals surface area contributed by atoms with Crippen LogP contribution >= 0.6 is 22.9 Å². The van der Waals surface area contributed by atoms with Crippen LogP contribution in [0, 0.1) is 27.1 Å². The third-order valence-corrected chi connectivity index (χ3v) is 31.8. The van der Waals surface area contributed by atoms with E-state index in [1.807, 2.05) is 165 Å². The van der Waals surface area contributed by atoms with Crippen molar-refractivity contribution >= 4 is 100 Å². The number of aromatic nitrogens is 1. The maximum Gasteiger partial charge on any atom is 0.416 e. The predicted molar refractivity (Wildman–Crippen MR) is 524 cm³/mol. The molecule has 0 aliphatic rings. The quantitative estimate of drug-likeness (QED) is 0.0718. The van der Waals surface area contributed by atoms with E-state index in [1.54, 1.807) is 136 Å². The van der Waals surface area contributed by atoms with Crippen molar-refractivity contribution in [3.05, 3.63) is 268 Å². The largest absolute Gasteiger partial charge is 0.497 e. The molecular formula is C102H139ClF3NO15S6.